The molecule has 17 heavy (non-hydrogen) atoms. The van der Waals surface area contributed by atoms with Crippen molar-refractivity contribution in [2.24, 2.45) is 5.41 Å². The van der Waals surface area contributed by atoms with E-state index in [1.165, 1.54) is 18.4 Å². The van der Waals surface area contributed by atoms with Crippen LogP contribution in [0.1, 0.15) is 24.8 Å². The molecule has 1 aliphatic rings. The second kappa shape index (κ2) is 5.52. The van der Waals surface area contributed by atoms with E-state index in [0.717, 1.165) is 25.3 Å². The average molecular weight is 235 g/mol. The third-order valence-corrected chi connectivity index (χ3v) is 3.61. The predicted molar refractivity (Wildman–Crippen MR) is 68.1 cm³/mol. The maximum absolute atomic E-state index is 8.99. The summed E-state index contributed by atoms with van der Waals surface area (Å²) in [6.45, 7) is 2.12. The van der Waals surface area contributed by atoms with Crippen LogP contribution in [0.4, 0.5) is 0 Å². The zero-order chi connectivity index (χ0) is 12.1. The topological polar surface area (TPSA) is 41.5 Å². The van der Waals surface area contributed by atoms with Crippen LogP contribution < -0.4 is 10.1 Å². The number of ether oxygens (including phenoxy) is 1. The van der Waals surface area contributed by atoms with Gasteiger partial charge in [0.2, 0.25) is 0 Å². The summed E-state index contributed by atoms with van der Waals surface area (Å²) in [4.78, 5) is 0. The molecule has 0 atom stereocenters. The van der Waals surface area contributed by atoms with E-state index in [1.807, 2.05) is 18.2 Å². The molecule has 3 nitrogen and oxygen atoms in total. The van der Waals surface area contributed by atoms with E-state index < -0.39 is 0 Å². The highest BCUT2D eigenvalue weighted by Gasteiger charge is 2.41. The Kier molecular flexibility index (Phi) is 4.02. The number of hydrogen-bond donors (Lipinski definition) is 2. The zero-order valence-electron chi connectivity index (χ0n) is 10.4. The number of rotatable bonds is 7. The minimum atomic E-state index is 0.302. The van der Waals surface area contributed by atoms with Gasteiger partial charge < -0.3 is 15.2 Å². The molecule has 0 saturated heterocycles. The molecule has 3 heteroatoms. The van der Waals surface area contributed by atoms with Gasteiger partial charge in [-0.25, -0.2) is 0 Å². The second-order valence-electron chi connectivity index (χ2n) is 4.89. The third kappa shape index (κ3) is 3.20. The number of benzene rings is 1. The first-order valence-electron chi connectivity index (χ1n) is 6.23. The Labute approximate surface area is 103 Å². The van der Waals surface area contributed by atoms with Crippen molar-refractivity contribution in [3.05, 3.63) is 29.8 Å². The Morgan fingerprint density at radius 2 is 2.12 bits per heavy atom. The van der Waals surface area contributed by atoms with E-state index in [-0.39, 0.29) is 0 Å². The summed E-state index contributed by atoms with van der Waals surface area (Å²) in [6, 6.07) is 8.08. The molecule has 1 saturated carbocycles. The molecule has 0 amide bonds. The van der Waals surface area contributed by atoms with Crippen molar-refractivity contribution in [2.45, 2.75) is 25.8 Å². The summed E-state index contributed by atoms with van der Waals surface area (Å²) in [5.74, 6) is 0.937. The molecule has 94 valence electrons. The van der Waals surface area contributed by atoms with Gasteiger partial charge in [0.05, 0.1) is 7.11 Å². The first-order valence-corrected chi connectivity index (χ1v) is 6.23. The minimum absolute atomic E-state index is 0.302. The van der Waals surface area contributed by atoms with Gasteiger partial charge in [-0.3, -0.25) is 0 Å². The summed E-state index contributed by atoms with van der Waals surface area (Å²) in [7, 11) is 1.70. The van der Waals surface area contributed by atoms with Crippen molar-refractivity contribution in [1.82, 2.24) is 5.32 Å². The van der Waals surface area contributed by atoms with Crippen LogP contribution in [-0.4, -0.2) is 25.4 Å². The van der Waals surface area contributed by atoms with Gasteiger partial charge >= 0.3 is 0 Å². The zero-order valence-corrected chi connectivity index (χ0v) is 10.4. The molecule has 1 aromatic carbocycles. The van der Waals surface area contributed by atoms with E-state index in [9.17, 15) is 0 Å². The summed E-state index contributed by atoms with van der Waals surface area (Å²) in [5, 5.41) is 12.5. The van der Waals surface area contributed by atoms with Crippen molar-refractivity contribution < 1.29 is 9.84 Å². The lowest BCUT2D eigenvalue weighted by molar-refractivity contribution is 0.245. The Bertz CT molecular complexity index is 361. The number of methoxy groups -OCH3 is 1. The van der Waals surface area contributed by atoms with Crippen molar-refractivity contribution in [3.63, 3.8) is 0 Å². The van der Waals surface area contributed by atoms with E-state index in [0.29, 0.717) is 12.0 Å². The fraction of sp³-hybridized carbons (Fsp3) is 0.571. The van der Waals surface area contributed by atoms with E-state index in [2.05, 4.69) is 11.4 Å². The quantitative estimate of drug-likeness (QED) is 0.759. The van der Waals surface area contributed by atoms with Crippen LogP contribution in [0.25, 0.3) is 0 Å². The number of nitrogens with one attached hydrogen (secondary N) is 1. The Hall–Kier alpha value is -1.06. The molecule has 0 spiro atoms. The van der Waals surface area contributed by atoms with Gasteiger partial charge in [-0.2, -0.15) is 0 Å². The minimum Gasteiger partial charge on any atom is -0.496 e. The smallest absolute Gasteiger partial charge is 0.123 e. The highest BCUT2D eigenvalue weighted by atomic mass is 16.5. The molecule has 2 rings (SSSR count). The monoisotopic (exact) mass is 235 g/mol. The molecule has 0 bridgehead atoms. The van der Waals surface area contributed by atoms with Gasteiger partial charge in [0.15, 0.2) is 0 Å². The Balaban J connectivity index is 1.82. The molecule has 0 radical (unpaired) electrons. The van der Waals surface area contributed by atoms with Gasteiger partial charge in [-0.15, -0.1) is 0 Å². The van der Waals surface area contributed by atoms with Crippen LogP contribution in [0.5, 0.6) is 5.75 Å². The molecular weight excluding hydrogens is 214 g/mol. The molecule has 0 unspecified atom stereocenters. The van der Waals surface area contributed by atoms with Crippen LogP contribution >= 0.6 is 0 Å². The number of hydrogen-bond acceptors (Lipinski definition) is 3. The van der Waals surface area contributed by atoms with Gasteiger partial charge in [-0.05, 0) is 30.7 Å². The van der Waals surface area contributed by atoms with E-state index >= 15 is 0 Å². The van der Waals surface area contributed by atoms with Crippen LogP contribution in [0.15, 0.2) is 24.3 Å². The normalized spacial score (nSPS) is 16.8. The van der Waals surface area contributed by atoms with Crippen LogP contribution in [0.2, 0.25) is 0 Å². The fourth-order valence-electron chi connectivity index (χ4n) is 2.24. The van der Waals surface area contributed by atoms with Gasteiger partial charge in [0, 0.05) is 25.3 Å². The van der Waals surface area contributed by atoms with Crippen LogP contribution in [-0.2, 0) is 6.54 Å². The fourth-order valence-corrected chi connectivity index (χ4v) is 2.24. The predicted octanol–water partition coefficient (Wildman–Crippen LogP) is 1.95. The van der Waals surface area contributed by atoms with E-state index in [4.69, 9.17) is 9.84 Å². The molecule has 1 fully saturated rings. The maximum Gasteiger partial charge on any atom is 0.123 e. The van der Waals surface area contributed by atoms with Gasteiger partial charge in [-0.1, -0.05) is 18.2 Å². The molecule has 2 N–H and O–H groups in total. The molecule has 1 aliphatic carbocycles. The van der Waals surface area contributed by atoms with E-state index in [1.54, 1.807) is 7.11 Å². The lowest BCUT2D eigenvalue weighted by atomic mass is 10.0. The Morgan fingerprint density at radius 3 is 2.76 bits per heavy atom. The van der Waals surface area contributed by atoms with Crippen molar-refractivity contribution in [3.8, 4) is 5.75 Å². The number of para-hydroxylation sites is 1. The van der Waals surface area contributed by atoms with Gasteiger partial charge in [0.25, 0.3) is 0 Å². The van der Waals surface area contributed by atoms with Gasteiger partial charge in [0.1, 0.15) is 5.75 Å². The van der Waals surface area contributed by atoms with Crippen LogP contribution in [0.3, 0.4) is 0 Å². The first kappa shape index (κ1) is 12.4. The molecule has 0 heterocycles. The van der Waals surface area contributed by atoms with Crippen molar-refractivity contribution >= 4 is 0 Å². The lowest BCUT2D eigenvalue weighted by Gasteiger charge is -2.15. The lowest BCUT2D eigenvalue weighted by Crippen LogP contribution is -2.24. The largest absolute Gasteiger partial charge is 0.496 e. The second-order valence-corrected chi connectivity index (χ2v) is 4.89. The third-order valence-electron chi connectivity index (χ3n) is 3.61. The Morgan fingerprint density at radius 1 is 1.35 bits per heavy atom. The summed E-state index contributed by atoms with van der Waals surface area (Å²) in [6.07, 6.45) is 3.41. The number of aliphatic hydroxyl groups excluding tert-OH is 1. The van der Waals surface area contributed by atoms with Crippen LogP contribution in [0, 0.1) is 5.41 Å². The molecule has 0 aromatic heterocycles. The summed E-state index contributed by atoms with van der Waals surface area (Å²) >= 11 is 0. The van der Waals surface area contributed by atoms with Crippen molar-refractivity contribution in [1.29, 1.82) is 0 Å². The summed E-state index contributed by atoms with van der Waals surface area (Å²) < 4.78 is 5.31. The maximum atomic E-state index is 8.99. The highest BCUT2D eigenvalue weighted by molar-refractivity contribution is 5.32. The average Bonchev–Trinajstić information content (AvgIpc) is 3.10. The number of aliphatic hydroxyl groups is 1. The molecule has 0 aliphatic heterocycles. The standard InChI is InChI=1S/C14H21NO2/c1-17-13-5-3-2-4-12(13)10-15-11-14(6-7-14)8-9-16/h2-5,15-16H,6-11H2,1H3. The molecular formula is C14H21NO2. The van der Waals surface area contributed by atoms with Crippen molar-refractivity contribution in [2.75, 3.05) is 20.3 Å². The SMILES string of the molecule is COc1ccccc1CNCC1(CCO)CC1. The highest BCUT2D eigenvalue weighted by Crippen LogP contribution is 2.47. The summed E-state index contributed by atoms with van der Waals surface area (Å²) in [5.41, 5.74) is 1.56. The molecule has 1 aromatic rings. The first-order chi connectivity index (χ1) is 8.29.